The molecule has 3 heteroatoms. The number of aliphatic hydroxyl groups excluding tert-OH is 1. The second kappa shape index (κ2) is 8.14. The van der Waals surface area contributed by atoms with Gasteiger partial charge in [0, 0.05) is 12.6 Å². The van der Waals surface area contributed by atoms with Gasteiger partial charge in [-0.2, -0.15) is 0 Å². The van der Waals surface area contributed by atoms with Crippen LogP contribution in [0.25, 0.3) is 0 Å². The number of hydrogen-bond donors (Lipinski definition) is 1. The normalized spacial score (nSPS) is 18.7. The number of rotatable bonds is 6. The number of piperidine rings is 1. The van der Waals surface area contributed by atoms with E-state index in [4.69, 9.17) is 4.74 Å². The minimum Gasteiger partial charge on any atom is -0.489 e. The number of aliphatic hydroxyl groups is 1. The molecule has 2 aromatic rings. The summed E-state index contributed by atoms with van der Waals surface area (Å²) >= 11 is 0. The van der Waals surface area contributed by atoms with Gasteiger partial charge in [-0.05, 0) is 42.6 Å². The van der Waals surface area contributed by atoms with E-state index in [2.05, 4.69) is 29.2 Å². The average molecular weight is 311 g/mol. The maximum Gasteiger partial charge on any atom is 0.119 e. The molecule has 0 spiro atoms. The van der Waals surface area contributed by atoms with E-state index in [1.165, 1.54) is 24.0 Å². The van der Waals surface area contributed by atoms with Crippen LogP contribution in [-0.4, -0.2) is 29.2 Å². The van der Waals surface area contributed by atoms with E-state index >= 15 is 0 Å². The lowest BCUT2D eigenvalue weighted by atomic mass is 10.0. The van der Waals surface area contributed by atoms with Crippen molar-refractivity contribution >= 4 is 0 Å². The summed E-state index contributed by atoms with van der Waals surface area (Å²) in [5, 5.41) is 9.50. The standard InChI is InChI=1S/C20H25NO2/c22-15-19-8-4-5-13-21(19)14-17-9-11-20(12-10-17)23-16-18-6-2-1-3-7-18/h1-3,6-7,9-12,19,22H,4-5,8,13-16H2. The number of likely N-dealkylation sites (tertiary alicyclic amines) is 1. The fourth-order valence-corrected chi connectivity index (χ4v) is 3.14. The van der Waals surface area contributed by atoms with E-state index in [1.54, 1.807) is 0 Å². The van der Waals surface area contributed by atoms with Crippen LogP contribution in [-0.2, 0) is 13.2 Å². The third kappa shape index (κ3) is 4.57. The van der Waals surface area contributed by atoms with Crippen LogP contribution < -0.4 is 4.74 Å². The Morgan fingerprint density at radius 3 is 2.48 bits per heavy atom. The first-order chi connectivity index (χ1) is 11.3. The minimum absolute atomic E-state index is 0.262. The molecular formula is C20H25NO2. The van der Waals surface area contributed by atoms with E-state index in [9.17, 15) is 5.11 Å². The van der Waals surface area contributed by atoms with Gasteiger partial charge in [0.2, 0.25) is 0 Å². The van der Waals surface area contributed by atoms with Gasteiger partial charge in [-0.25, -0.2) is 0 Å². The van der Waals surface area contributed by atoms with Crippen molar-refractivity contribution < 1.29 is 9.84 Å². The molecule has 1 saturated heterocycles. The fraction of sp³-hybridized carbons (Fsp3) is 0.400. The molecule has 0 saturated carbocycles. The van der Waals surface area contributed by atoms with Gasteiger partial charge in [0.05, 0.1) is 6.61 Å². The molecule has 1 unspecified atom stereocenters. The quantitative estimate of drug-likeness (QED) is 0.884. The molecule has 0 radical (unpaired) electrons. The van der Waals surface area contributed by atoms with Gasteiger partial charge >= 0.3 is 0 Å². The fourth-order valence-electron chi connectivity index (χ4n) is 3.14. The topological polar surface area (TPSA) is 32.7 Å². The Hall–Kier alpha value is -1.84. The van der Waals surface area contributed by atoms with E-state index in [0.717, 1.165) is 25.3 Å². The number of benzene rings is 2. The Bertz CT molecular complexity index is 582. The molecule has 1 aliphatic heterocycles. The Balaban J connectivity index is 1.54. The zero-order valence-corrected chi connectivity index (χ0v) is 13.5. The summed E-state index contributed by atoms with van der Waals surface area (Å²) in [6, 6.07) is 18.9. The second-order valence-electron chi connectivity index (χ2n) is 6.22. The highest BCUT2D eigenvalue weighted by Crippen LogP contribution is 2.21. The third-order valence-corrected chi connectivity index (χ3v) is 4.52. The molecule has 1 N–H and O–H groups in total. The number of hydrogen-bond acceptors (Lipinski definition) is 3. The maximum atomic E-state index is 9.50. The molecule has 0 bridgehead atoms. The van der Waals surface area contributed by atoms with Gasteiger partial charge in [-0.3, -0.25) is 4.90 Å². The maximum absolute atomic E-state index is 9.50. The van der Waals surface area contributed by atoms with Crippen LogP contribution in [0.3, 0.4) is 0 Å². The number of nitrogens with zero attached hydrogens (tertiary/aromatic N) is 1. The van der Waals surface area contributed by atoms with Crippen LogP contribution in [0.4, 0.5) is 0 Å². The van der Waals surface area contributed by atoms with Crippen LogP contribution in [0.1, 0.15) is 30.4 Å². The first-order valence-corrected chi connectivity index (χ1v) is 8.46. The highest BCUT2D eigenvalue weighted by molar-refractivity contribution is 5.28. The Morgan fingerprint density at radius 1 is 0.957 bits per heavy atom. The van der Waals surface area contributed by atoms with E-state index < -0.39 is 0 Å². The van der Waals surface area contributed by atoms with Crippen molar-refractivity contribution in [2.24, 2.45) is 0 Å². The predicted molar refractivity (Wildman–Crippen MR) is 92.4 cm³/mol. The van der Waals surface area contributed by atoms with Gasteiger partial charge in [0.1, 0.15) is 12.4 Å². The summed E-state index contributed by atoms with van der Waals surface area (Å²) in [6.45, 7) is 2.85. The van der Waals surface area contributed by atoms with Crippen molar-refractivity contribution in [3.63, 3.8) is 0 Å². The summed E-state index contributed by atoms with van der Waals surface area (Å²) in [5.74, 6) is 0.898. The third-order valence-electron chi connectivity index (χ3n) is 4.52. The molecule has 23 heavy (non-hydrogen) atoms. The predicted octanol–water partition coefficient (Wildman–Crippen LogP) is 3.61. The van der Waals surface area contributed by atoms with Crippen molar-refractivity contribution in [2.45, 2.75) is 38.5 Å². The smallest absolute Gasteiger partial charge is 0.119 e. The van der Waals surface area contributed by atoms with Crippen molar-refractivity contribution in [3.8, 4) is 5.75 Å². The Kier molecular flexibility index (Phi) is 5.67. The van der Waals surface area contributed by atoms with Crippen molar-refractivity contribution in [1.82, 2.24) is 4.90 Å². The van der Waals surface area contributed by atoms with Crippen LogP contribution in [0.15, 0.2) is 54.6 Å². The molecule has 0 amide bonds. The lowest BCUT2D eigenvalue weighted by Gasteiger charge is -2.34. The van der Waals surface area contributed by atoms with Crippen LogP contribution in [0, 0.1) is 0 Å². The highest BCUT2D eigenvalue weighted by atomic mass is 16.5. The monoisotopic (exact) mass is 311 g/mol. The van der Waals surface area contributed by atoms with Crippen LogP contribution >= 0.6 is 0 Å². The lowest BCUT2D eigenvalue weighted by Crippen LogP contribution is -2.41. The second-order valence-corrected chi connectivity index (χ2v) is 6.22. The summed E-state index contributed by atoms with van der Waals surface area (Å²) in [5.41, 5.74) is 2.45. The molecule has 0 aromatic heterocycles. The SMILES string of the molecule is OCC1CCCCN1Cc1ccc(OCc2ccccc2)cc1. The molecule has 0 aliphatic carbocycles. The van der Waals surface area contributed by atoms with Crippen molar-refractivity contribution in [3.05, 3.63) is 65.7 Å². The highest BCUT2D eigenvalue weighted by Gasteiger charge is 2.21. The van der Waals surface area contributed by atoms with Crippen LogP contribution in [0.5, 0.6) is 5.75 Å². The van der Waals surface area contributed by atoms with Gasteiger partial charge in [0.25, 0.3) is 0 Å². The van der Waals surface area contributed by atoms with E-state index in [1.807, 2.05) is 30.3 Å². The Morgan fingerprint density at radius 2 is 1.74 bits per heavy atom. The summed E-state index contributed by atoms with van der Waals surface area (Å²) in [4.78, 5) is 2.39. The average Bonchev–Trinajstić information content (AvgIpc) is 2.62. The molecule has 1 heterocycles. The Labute approximate surface area is 138 Å². The molecule has 3 nitrogen and oxygen atoms in total. The zero-order chi connectivity index (χ0) is 15.9. The molecule has 1 aliphatic rings. The summed E-state index contributed by atoms with van der Waals surface area (Å²) in [7, 11) is 0. The van der Waals surface area contributed by atoms with Gasteiger partial charge in [0.15, 0.2) is 0 Å². The van der Waals surface area contributed by atoms with Gasteiger partial charge in [-0.15, -0.1) is 0 Å². The number of ether oxygens (including phenoxy) is 1. The molecule has 122 valence electrons. The largest absolute Gasteiger partial charge is 0.489 e. The zero-order valence-electron chi connectivity index (χ0n) is 13.5. The van der Waals surface area contributed by atoms with Crippen molar-refractivity contribution in [1.29, 1.82) is 0 Å². The van der Waals surface area contributed by atoms with E-state index in [-0.39, 0.29) is 6.61 Å². The van der Waals surface area contributed by atoms with E-state index in [0.29, 0.717) is 12.6 Å². The van der Waals surface area contributed by atoms with Gasteiger partial charge in [-0.1, -0.05) is 48.9 Å². The first kappa shape index (κ1) is 16.0. The molecule has 2 aromatic carbocycles. The molecule has 3 rings (SSSR count). The minimum atomic E-state index is 0.262. The first-order valence-electron chi connectivity index (χ1n) is 8.46. The molecular weight excluding hydrogens is 286 g/mol. The summed E-state index contributed by atoms with van der Waals surface area (Å²) in [6.07, 6.45) is 3.57. The van der Waals surface area contributed by atoms with Crippen molar-refractivity contribution in [2.75, 3.05) is 13.2 Å². The summed E-state index contributed by atoms with van der Waals surface area (Å²) < 4.78 is 5.83. The molecule has 1 atom stereocenters. The van der Waals surface area contributed by atoms with Crippen LogP contribution in [0.2, 0.25) is 0 Å². The molecule has 1 fully saturated rings. The van der Waals surface area contributed by atoms with Gasteiger partial charge < -0.3 is 9.84 Å². The lowest BCUT2D eigenvalue weighted by molar-refractivity contribution is 0.0841.